The predicted octanol–water partition coefficient (Wildman–Crippen LogP) is 1.04. The molecule has 0 heterocycles. The fourth-order valence-corrected chi connectivity index (χ4v) is 3.66. The van der Waals surface area contributed by atoms with Gasteiger partial charge in [0, 0.05) is 25.6 Å². The number of nitrogens with zero attached hydrogens (tertiary/aromatic N) is 2. The van der Waals surface area contributed by atoms with Gasteiger partial charge in [0.2, 0.25) is 15.9 Å². The Morgan fingerprint density at radius 3 is 2.27 bits per heavy atom. The number of sulfonamides is 1. The van der Waals surface area contributed by atoms with Gasteiger partial charge in [-0.3, -0.25) is 4.79 Å². The summed E-state index contributed by atoms with van der Waals surface area (Å²) in [5, 5.41) is 3.03. The third kappa shape index (κ3) is 8.10. The zero-order valence-electron chi connectivity index (χ0n) is 14.2. The summed E-state index contributed by atoms with van der Waals surface area (Å²) < 4.78 is 25.0. The lowest BCUT2D eigenvalue weighted by atomic mass is 9.95. The molecule has 1 amide bonds. The van der Waals surface area contributed by atoms with Crippen molar-refractivity contribution in [2.75, 3.05) is 40.0 Å². The molecule has 1 aliphatic rings. The highest BCUT2D eigenvalue weighted by atomic mass is 32.2. The average molecular weight is 333 g/mol. The fraction of sp³-hybridized carbons (Fsp3) is 0.933. The Morgan fingerprint density at radius 1 is 1.09 bits per heavy atom. The smallest absolute Gasteiger partial charge is 0.221 e. The highest BCUT2D eigenvalue weighted by Gasteiger charge is 2.19. The molecule has 22 heavy (non-hydrogen) atoms. The van der Waals surface area contributed by atoms with E-state index in [1.165, 1.54) is 29.8 Å². The van der Waals surface area contributed by atoms with E-state index < -0.39 is 10.0 Å². The largest absolute Gasteiger partial charge is 0.353 e. The van der Waals surface area contributed by atoms with E-state index in [0.717, 1.165) is 25.8 Å². The van der Waals surface area contributed by atoms with Crippen molar-refractivity contribution in [2.24, 2.45) is 0 Å². The molecule has 0 unspecified atom stereocenters. The quantitative estimate of drug-likeness (QED) is 0.684. The number of amides is 1. The second kappa shape index (κ2) is 9.47. The SMILES string of the molecule is CN(C)CCCN(CCC(=O)NC1CCCCC1)S(C)(=O)=O. The van der Waals surface area contributed by atoms with Crippen molar-refractivity contribution in [3.05, 3.63) is 0 Å². The Labute approximate surface area is 135 Å². The zero-order valence-corrected chi connectivity index (χ0v) is 15.0. The molecule has 6 nitrogen and oxygen atoms in total. The van der Waals surface area contributed by atoms with Gasteiger partial charge in [0.25, 0.3) is 0 Å². The van der Waals surface area contributed by atoms with Crippen LogP contribution >= 0.6 is 0 Å². The Morgan fingerprint density at radius 2 is 1.73 bits per heavy atom. The normalized spacial score (nSPS) is 17.1. The standard InChI is InChI=1S/C15H31N3O3S/c1-17(2)11-7-12-18(22(3,20)21)13-10-15(19)16-14-8-5-4-6-9-14/h14H,4-13H2,1-3H3,(H,16,19). The van der Waals surface area contributed by atoms with Gasteiger partial charge < -0.3 is 10.2 Å². The number of hydrogen-bond donors (Lipinski definition) is 1. The summed E-state index contributed by atoms with van der Waals surface area (Å²) in [5.74, 6) is -0.0341. The van der Waals surface area contributed by atoms with E-state index in [2.05, 4.69) is 5.32 Å². The highest BCUT2D eigenvalue weighted by molar-refractivity contribution is 7.88. The van der Waals surface area contributed by atoms with Crippen molar-refractivity contribution in [3.63, 3.8) is 0 Å². The summed E-state index contributed by atoms with van der Waals surface area (Å²) in [6.45, 7) is 1.57. The molecule has 0 atom stereocenters. The van der Waals surface area contributed by atoms with Crippen LogP contribution in [0.3, 0.4) is 0 Å². The average Bonchev–Trinajstić information content (AvgIpc) is 2.42. The molecule has 0 aromatic rings. The minimum Gasteiger partial charge on any atom is -0.353 e. The van der Waals surface area contributed by atoms with Crippen LogP contribution in [0.5, 0.6) is 0 Å². The molecular formula is C15H31N3O3S. The van der Waals surface area contributed by atoms with Gasteiger partial charge in [0.05, 0.1) is 6.26 Å². The summed E-state index contributed by atoms with van der Waals surface area (Å²) in [4.78, 5) is 14.0. The van der Waals surface area contributed by atoms with Crippen LogP contribution in [0.2, 0.25) is 0 Å². The minimum atomic E-state index is -3.26. The fourth-order valence-electron chi connectivity index (χ4n) is 2.78. The number of rotatable bonds is 9. The van der Waals surface area contributed by atoms with E-state index in [0.29, 0.717) is 6.54 Å². The van der Waals surface area contributed by atoms with Gasteiger partial charge in [-0.1, -0.05) is 19.3 Å². The second-order valence-electron chi connectivity index (χ2n) is 6.47. The molecule has 0 radical (unpaired) electrons. The minimum absolute atomic E-state index is 0.0341. The molecule has 0 spiro atoms. The van der Waals surface area contributed by atoms with Crippen LogP contribution in [0.25, 0.3) is 0 Å². The molecule has 7 heteroatoms. The topological polar surface area (TPSA) is 69.7 Å². The van der Waals surface area contributed by atoms with Crippen LogP contribution in [0.15, 0.2) is 0 Å². The maximum Gasteiger partial charge on any atom is 0.221 e. The third-order valence-electron chi connectivity index (χ3n) is 4.04. The van der Waals surface area contributed by atoms with Crippen molar-refractivity contribution in [3.8, 4) is 0 Å². The molecule has 130 valence electrons. The summed E-state index contributed by atoms with van der Waals surface area (Å²) >= 11 is 0. The molecule has 0 aromatic carbocycles. The summed E-state index contributed by atoms with van der Waals surface area (Å²) in [6.07, 6.45) is 7.91. The Kier molecular flexibility index (Phi) is 8.35. The molecule has 0 aromatic heterocycles. The van der Waals surface area contributed by atoms with Crippen LogP contribution in [-0.4, -0.2) is 69.6 Å². The lowest BCUT2D eigenvalue weighted by Gasteiger charge is -2.24. The first-order valence-electron chi connectivity index (χ1n) is 8.18. The number of hydrogen-bond acceptors (Lipinski definition) is 4. The van der Waals surface area contributed by atoms with Crippen LogP contribution in [0.1, 0.15) is 44.9 Å². The Hall–Kier alpha value is -0.660. The first-order valence-corrected chi connectivity index (χ1v) is 10.0. The van der Waals surface area contributed by atoms with Gasteiger partial charge >= 0.3 is 0 Å². The van der Waals surface area contributed by atoms with Crippen molar-refractivity contribution in [1.82, 2.24) is 14.5 Å². The van der Waals surface area contributed by atoms with E-state index in [1.54, 1.807) is 0 Å². The van der Waals surface area contributed by atoms with Gasteiger partial charge in [-0.25, -0.2) is 12.7 Å². The van der Waals surface area contributed by atoms with Crippen molar-refractivity contribution in [1.29, 1.82) is 0 Å². The van der Waals surface area contributed by atoms with E-state index >= 15 is 0 Å². The number of carbonyl (C=O) groups excluding carboxylic acids is 1. The molecule has 0 bridgehead atoms. The molecule has 0 aliphatic heterocycles. The zero-order chi connectivity index (χ0) is 16.6. The maximum absolute atomic E-state index is 12.0. The molecule has 1 aliphatic carbocycles. The van der Waals surface area contributed by atoms with Crippen LogP contribution in [0, 0.1) is 0 Å². The number of carbonyl (C=O) groups is 1. The molecule has 1 fully saturated rings. The molecule has 0 saturated heterocycles. The lowest BCUT2D eigenvalue weighted by Crippen LogP contribution is -2.39. The Balaban J connectivity index is 2.36. The van der Waals surface area contributed by atoms with Gasteiger partial charge in [0.1, 0.15) is 0 Å². The predicted molar refractivity (Wildman–Crippen MR) is 89.2 cm³/mol. The Bertz CT molecular complexity index is 431. The summed E-state index contributed by atoms with van der Waals surface area (Å²) in [7, 11) is 0.665. The van der Waals surface area contributed by atoms with E-state index in [9.17, 15) is 13.2 Å². The van der Waals surface area contributed by atoms with Gasteiger partial charge in [-0.15, -0.1) is 0 Å². The molecule has 1 N–H and O–H groups in total. The van der Waals surface area contributed by atoms with Crippen LogP contribution in [-0.2, 0) is 14.8 Å². The van der Waals surface area contributed by atoms with Gasteiger partial charge in [-0.2, -0.15) is 0 Å². The van der Waals surface area contributed by atoms with E-state index in [4.69, 9.17) is 0 Å². The monoisotopic (exact) mass is 333 g/mol. The van der Waals surface area contributed by atoms with Gasteiger partial charge in [-0.05, 0) is 39.9 Å². The summed E-state index contributed by atoms with van der Waals surface area (Å²) in [6, 6.07) is 0.279. The lowest BCUT2D eigenvalue weighted by molar-refractivity contribution is -0.122. The first kappa shape index (κ1) is 19.4. The highest BCUT2D eigenvalue weighted by Crippen LogP contribution is 2.17. The van der Waals surface area contributed by atoms with Gasteiger partial charge in [0.15, 0.2) is 0 Å². The van der Waals surface area contributed by atoms with Crippen molar-refractivity contribution < 1.29 is 13.2 Å². The third-order valence-corrected chi connectivity index (χ3v) is 5.34. The van der Waals surface area contributed by atoms with Crippen LogP contribution in [0.4, 0.5) is 0 Å². The molecule has 1 rings (SSSR count). The summed E-state index contributed by atoms with van der Waals surface area (Å²) in [5.41, 5.74) is 0. The van der Waals surface area contributed by atoms with E-state index in [-0.39, 0.29) is 24.9 Å². The second-order valence-corrected chi connectivity index (χ2v) is 8.45. The molecular weight excluding hydrogens is 302 g/mol. The first-order chi connectivity index (χ1) is 10.3. The van der Waals surface area contributed by atoms with Crippen molar-refractivity contribution >= 4 is 15.9 Å². The number of nitrogens with one attached hydrogen (secondary N) is 1. The van der Waals surface area contributed by atoms with Crippen molar-refractivity contribution in [2.45, 2.75) is 51.0 Å². The van der Waals surface area contributed by atoms with Crippen LogP contribution < -0.4 is 5.32 Å². The molecule has 1 saturated carbocycles. The maximum atomic E-state index is 12.0. The van der Waals surface area contributed by atoms with E-state index in [1.807, 2.05) is 19.0 Å².